The first-order valence-corrected chi connectivity index (χ1v) is 12.2. The summed E-state index contributed by atoms with van der Waals surface area (Å²) in [6.07, 6.45) is 6.85. The fourth-order valence-corrected chi connectivity index (χ4v) is 4.37. The highest BCUT2D eigenvalue weighted by Crippen LogP contribution is 2.30. The predicted octanol–water partition coefficient (Wildman–Crippen LogP) is 4.34. The van der Waals surface area contributed by atoms with E-state index >= 15 is 0 Å². The lowest BCUT2D eigenvalue weighted by Gasteiger charge is -2.34. The summed E-state index contributed by atoms with van der Waals surface area (Å²) in [5.41, 5.74) is 1.06. The van der Waals surface area contributed by atoms with E-state index in [1.54, 1.807) is 7.11 Å². The molecule has 0 radical (unpaired) electrons. The molecule has 1 amide bonds. The molecule has 3 rings (SSSR count). The Morgan fingerprint density at radius 3 is 2.48 bits per heavy atom. The molecule has 0 spiro atoms. The normalized spacial score (nSPS) is 17.6. The summed E-state index contributed by atoms with van der Waals surface area (Å²) in [4.78, 5) is 19.1. The van der Waals surface area contributed by atoms with Gasteiger partial charge in [0, 0.05) is 43.2 Å². The van der Waals surface area contributed by atoms with E-state index in [1.165, 1.54) is 12.8 Å². The number of hydrogen-bond acceptors (Lipinski definition) is 4. The van der Waals surface area contributed by atoms with Crippen molar-refractivity contribution in [3.05, 3.63) is 23.8 Å². The largest absolute Gasteiger partial charge is 0.497 e. The van der Waals surface area contributed by atoms with Crippen LogP contribution in [0.3, 0.4) is 0 Å². The van der Waals surface area contributed by atoms with Crippen LogP contribution in [0.5, 0.6) is 11.5 Å². The standard InChI is InChI=1S/C25H40N4O3.HI/c1-5-26-25(28-20-12-14-29(15-13-20)24(30)18(2)3)27-17-19-10-11-22(31-4)16-23(19)32-21-8-6-7-9-21;/h10-11,16,18,20-21H,5-9,12-15,17H2,1-4H3,(H2,26,27,28);1H. The maximum atomic E-state index is 12.2. The molecule has 0 unspecified atom stereocenters. The van der Waals surface area contributed by atoms with Crippen molar-refractivity contribution < 1.29 is 14.3 Å². The number of nitrogens with zero attached hydrogens (tertiary/aromatic N) is 2. The van der Waals surface area contributed by atoms with Gasteiger partial charge in [-0.25, -0.2) is 4.99 Å². The average Bonchev–Trinajstić information content (AvgIpc) is 3.31. The van der Waals surface area contributed by atoms with Gasteiger partial charge in [0.15, 0.2) is 5.96 Å². The van der Waals surface area contributed by atoms with Crippen LogP contribution < -0.4 is 20.1 Å². The number of aliphatic imine (C=N–C) groups is 1. The van der Waals surface area contributed by atoms with Gasteiger partial charge in [-0.2, -0.15) is 0 Å². The minimum absolute atomic E-state index is 0. The van der Waals surface area contributed by atoms with Crippen LogP contribution in [0.25, 0.3) is 0 Å². The molecule has 1 saturated heterocycles. The molecule has 186 valence electrons. The number of likely N-dealkylation sites (tertiary alicyclic amines) is 1. The first kappa shape index (κ1) is 27.5. The molecular formula is C25H41IN4O3. The molecule has 1 saturated carbocycles. The molecule has 33 heavy (non-hydrogen) atoms. The Labute approximate surface area is 216 Å². The van der Waals surface area contributed by atoms with Crippen molar-refractivity contribution in [1.29, 1.82) is 0 Å². The smallest absolute Gasteiger partial charge is 0.225 e. The average molecular weight is 573 g/mol. The fourth-order valence-electron chi connectivity index (χ4n) is 4.37. The Bertz CT molecular complexity index is 773. The SMILES string of the molecule is CCNC(=NCc1ccc(OC)cc1OC1CCCC1)NC1CCN(C(=O)C(C)C)CC1.I. The zero-order valence-electron chi connectivity index (χ0n) is 20.6. The van der Waals surface area contributed by atoms with Crippen LogP contribution in [0, 0.1) is 5.92 Å². The number of halogens is 1. The first-order valence-electron chi connectivity index (χ1n) is 12.2. The first-order chi connectivity index (χ1) is 15.5. The van der Waals surface area contributed by atoms with Crippen molar-refractivity contribution in [2.24, 2.45) is 10.9 Å². The van der Waals surface area contributed by atoms with Crippen molar-refractivity contribution in [2.45, 2.75) is 78.0 Å². The second kappa shape index (κ2) is 13.9. The van der Waals surface area contributed by atoms with Crippen molar-refractivity contribution in [3.8, 4) is 11.5 Å². The Morgan fingerprint density at radius 2 is 1.88 bits per heavy atom. The lowest BCUT2D eigenvalue weighted by molar-refractivity contribution is -0.135. The van der Waals surface area contributed by atoms with Crippen molar-refractivity contribution >= 4 is 35.8 Å². The van der Waals surface area contributed by atoms with Crippen LogP contribution in [0.4, 0.5) is 0 Å². The van der Waals surface area contributed by atoms with Gasteiger partial charge in [0.25, 0.3) is 0 Å². The highest BCUT2D eigenvalue weighted by atomic mass is 127. The Hall–Kier alpha value is -1.71. The van der Waals surface area contributed by atoms with Crippen molar-refractivity contribution in [1.82, 2.24) is 15.5 Å². The van der Waals surface area contributed by atoms with Crippen LogP contribution in [0.15, 0.2) is 23.2 Å². The number of amides is 1. The highest BCUT2D eigenvalue weighted by Gasteiger charge is 2.25. The fraction of sp³-hybridized carbons (Fsp3) is 0.680. The van der Waals surface area contributed by atoms with Gasteiger partial charge in [-0.05, 0) is 57.6 Å². The number of rotatable bonds is 8. The molecule has 0 bridgehead atoms. The van der Waals surface area contributed by atoms with Gasteiger partial charge < -0.3 is 25.0 Å². The number of hydrogen-bond donors (Lipinski definition) is 2. The quantitative estimate of drug-likeness (QED) is 0.276. The highest BCUT2D eigenvalue weighted by molar-refractivity contribution is 14.0. The lowest BCUT2D eigenvalue weighted by atomic mass is 10.0. The minimum atomic E-state index is 0. The molecule has 1 aromatic carbocycles. The third-order valence-electron chi connectivity index (χ3n) is 6.26. The number of carbonyl (C=O) groups excluding carboxylic acids is 1. The lowest BCUT2D eigenvalue weighted by Crippen LogP contribution is -2.50. The summed E-state index contributed by atoms with van der Waals surface area (Å²) in [5, 5.41) is 6.93. The number of ether oxygens (including phenoxy) is 2. The molecule has 0 aromatic heterocycles. The number of guanidine groups is 1. The molecule has 1 aliphatic heterocycles. The maximum Gasteiger partial charge on any atom is 0.225 e. The molecule has 7 nitrogen and oxygen atoms in total. The molecule has 2 N–H and O–H groups in total. The number of carbonyl (C=O) groups is 1. The summed E-state index contributed by atoms with van der Waals surface area (Å²) >= 11 is 0. The summed E-state index contributed by atoms with van der Waals surface area (Å²) in [5.74, 6) is 2.79. The molecular weight excluding hydrogens is 531 g/mol. The summed E-state index contributed by atoms with van der Waals surface area (Å²) in [6.45, 7) is 8.93. The van der Waals surface area contributed by atoms with Gasteiger partial charge in [-0.3, -0.25) is 4.79 Å². The maximum absolute atomic E-state index is 12.2. The van der Waals surface area contributed by atoms with E-state index < -0.39 is 0 Å². The van der Waals surface area contributed by atoms with Crippen LogP contribution in [-0.2, 0) is 11.3 Å². The van der Waals surface area contributed by atoms with E-state index in [1.807, 2.05) is 36.9 Å². The second-order valence-electron chi connectivity index (χ2n) is 9.09. The van der Waals surface area contributed by atoms with Crippen molar-refractivity contribution in [3.63, 3.8) is 0 Å². The van der Waals surface area contributed by atoms with Gasteiger partial charge in [0.2, 0.25) is 5.91 Å². The van der Waals surface area contributed by atoms with Gasteiger partial charge >= 0.3 is 0 Å². The van der Waals surface area contributed by atoms with E-state index in [0.29, 0.717) is 12.6 Å². The van der Waals surface area contributed by atoms with Crippen LogP contribution in [0.1, 0.15) is 64.9 Å². The third kappa shape index (κ3) is 8.22. The zero-order chi connectivity index (χ0) is 22.9. The number of benzene rings is 1. The zero-order valence-corrected chi connectivity index (χ0v) is 22.9. The van der Waals surface area contributed by atoms with E-state index in [9.17, 15) is 4.79 Å². The number of piperidine rings is 1. The van der Waals surface area contributed by atoms with Crippen LogP contribution in [-0.4, -0.2) is 55.7 Å². The predicted molar refractivity (Wildman–Crippen MR) is 144 cm³/mol. The van der Waals surface area contributed by atoms with E-state index in [2.05, 4.69) is 17.6 Å². The molecule has 0 atom stereocenters. The molecule has 1 aromatic rings. The number of nitrogens with one attached hydrogen (secondary N) is 2. The Kier molecular flexibility index (Phi) is 11.6. The molecule has 8 heteroatoms. The minimum Gasteiger partial charge on any atom is -0.497 e. The molecule has 2 fully saturated rings. The van der Waals surface area contributed by atoms with E-state index in [-0.39, 0.29) is 41.9 Å². The monoisotopic (exact) mass is 572 g/mol. The summed E-state index contributed by atoms with van der Waals surface area (Å²) in [7, 11) is 1.68. The summed E-state index contributed by atoms with van der Waals surface area (Å²) in [6, 6.07) is 6.31. The molecule has 2 aliphatic rings. The van der Waals surface area contributed by atoms with Gasteiger partial charge in [0.1, 0.15) is 11.5 Å². The topological polar surface area (TPSA) is 75.2 Å². The van der Waals surface area contributed by atoms with Crippen LogP contribution >= 0.6 is 24.0 Å². The van der Waals surface area contributed by atoms with Gasteiger partial charge in [-0.1, -0.05) is 13.8 Å². The third-order valence-corrected chi connectivity index (χ3v) is 6.26. The van der Waals surface area contributed by atoms with E-state index in [4.69, 9.17) is 14.5 Å². The van der Waals surface area contributed by atoms with E-state index in [0.717, 1.165) is 68.3 Å². The van der Waals surface area contributed by atoms with Crippen LogP contribution in [0.2, 0.25) is 0 Å². The summed E-state index contributed by atoms with van der Waals surface area (Å²) < 4.78 is 11.7. The molecule has 1 aliphatic carbocycles. The Balaban J connectivity index is 0.00000385. The second-order valence-corrected chi connectivity index (χ2v) is 9.09. The number of methoxy groups -OCH3 is 1. The Morgan fingerprint density at radius 1 is 1.18 bits per heavy atom. The van der Waals surface area contributed by atoms with Gasteiger partial charge in [-0.15, -0.1) is 24.0 Å². The van der Waals surface area contributed by atoms with Crippen molar-refractivity contribution in [2.75, 3.05) is 26.7 Å². The molecule has 1 heterocycles. The van der Waals surface area contributed by atoms with Gasteiger partial charge in [0.05, 0.1) is 19.8 Å².